The van der Waals surface area contributed by atoms with Gasteiger partial charge in [-0.3, -0.25) is 0 Å². The van der Waals surface area contributed by atoms with Crippen molar-refractivity contribution in [3.63, 3.8) is 0 Å². The number of esters is 1. The minimum atomic E-state index is -4.34. The molecule has 1 atom stereocenters. The molecule has 0 bridgehead atoms. The zero-order valence-corrected chi connectivity index (χ0v) is 9.70. The lowest BCUT2D eigenvalue weighted by atomic mass is 10.2. The van der Waals surface area contributed by atoms with E-state index in [2.05, 4.69) is 0 Å². The van der Waals surface area contributed by atoms with E-state index in [0.29, 0.717) is 18.8 Å². The third-order valence-electron chi connectivity index (χ3n) is 2.70. The van der Waals surface area contributed by atoms with Crippen LogP contribution in [-0.4, -0.2) is 25.2 Å². The second kappa shape index (κ2) is 4.51. The number of anilines is 1. The molecule has 18 heavy (non-hydrogen) atoms. The third-order valence-corrected chi connectivity index (χ3v) is 2.70. The average molecular weight is 259 g/mol. The molecule has 0 aliphatic carbocycles. The number of halogens is 3. The average Bonchev–Trinajstić information content (AvgIpc) is 3.08. The molecular formula is C12H12F3NO2. The first-order valence-electron chi connectivity index (χ1n) is 5.54. The standard InChI is InChI=1S/C12H12F3NO2/c1-2-18-11(17)10-7-16(10)9-5-3-8(4-6-9)12(13,14)15/h3-6,10H,2,7H2,1H3. The summed E-state index contributed by atoms with van der Waals surface area (Å²) >= 11 is 0. The van der Waals surface area contributed by atoms with Gasteiger partial charge in [-0.2, -0.15) is 13.2 Å². The normalized spacial score (nSPS) is 18.7. The van der Waals surface area contributed by atoms with E-state index in [1.54, 1.807) is 11.8 Å². The monoisotopic (exact) mass is 259 g/mol. The van der Waals surface area contributed by atoms with Gasteiger partial charge in [0.25, 0.3) is 0 Å². The molecule has 1 aromatic carbocycles. The molecule has 0 N–H and O–H groups in total. The van der Waals surface area contributed by atoms with Gasteiger partial charge in [-0.25, -0.2) is 4.79 Å². The minimum Gasteiger partial charge on any atom is -0.464 e. The van der Waals surface area contributed by atoms with Crippen molar-refractivity contribution in [1.82, 2.24) is 0 Å². The predicted molar refractivity (Wildman–Crippen MR) is 59.2 cm³/mol. The van der Waals surface area contributed by atoms with Gasteiger partial charge in [-0.05, 0) is 31.2 Å². The highest BCUT2D eigenvalue weighted by atomic mass is 19.4. The van der Waals surface area contributed by atoms with E-state index >= 15 is 0 Å². The zero-order valence-electron chi connectivity index (χ0n) is 9.70. The van der Waals surface area contributed by atoms with Gasteiger partial charge in [0.2, 0.25) is 0 Å². The maximum atomic E-state index is 12.4. The molecule has 1 aliphatic rings. The van der Waals surface area contributed by atoms with E-state index in [0.717, 1.165) is 12.1 Å². The van der Waals surface area contributed by atoms with Crippen LogP contribution in [-0.2, 0) is 15.7 Å². The number of carbonyl (C=O) groups is 1. The quantitative estimate of drug-likeness (QED) is 0.617. The highest BCUT2D eigenvalue weighted by Gasteiger charge is 2.42. The van der Waals surface area contributed by atoms with Crippen LogP contribution in [0.2, 0.25) is 0 Å². The Labute approximate surface area is 102 Å². The van der Waals surface area contributed by atoms with Crippen molar-refractivity contribution in [2.45, 2.75) is 19.1 Å². The van der Waals surface area contributed by atoms with Crippen molar-refractivity contribution < 1.29 is 22.7 Å². The first kappa shape index (κ1) is 12.7. The van der Waals surface area contributed by atoms with Crippen LogP contribution in [0.15, 0.2) is 24.3 Å². The Hall–Kier alpha value is -1.72. The Morgan fingerprint density at radius 1 is 1.39 bits per heavy atom. The fourth-order valence-corrected chi connectivity index (χ4v) is 1.71. The van der Waals surface area contributed by atoms with Gasteiger partial charge in [0.05, 0.1) is 18.7 Å². The van der Waals surface area contributed by atoms with E-state index in [1.807, 2.05) is 0 Å². The van der Waals surface area contributed by atoms with Gasteiger partial charge in [-0.15, -0.1) is 0 Å². The van der Waals surface area contributed by atoms with Crippen LogP contribution in [0.3, 0.4) is 0 Å². The van der Waals surface area contributed by atoms with Crippen molar-refractivity contribution in [2.75, 3.05) is 18.1 Å². The van der Waals surface area contributed by atoms with Crippen LogP contribution in [0, 0.1) is 0 Å². The molecule has 0 amide bonds. The lowest BCUT2D eigenvalue weighted by Gasteiger charge is -2.09. The molecule has 98 valence electrons. The Kier molecular flexibility index (Phi) is 3.19. The highest BCUT2D eigenvalue weighted by Crippen LogP contribution is 2.33. The fourth-order valence-electron chi connectivity index (χ4n) is 1.71. The van der Waals surface area contributed by atoms with Crippen LogP contribution < -0.4 is 4.90 Å². The second-order valence-electron chi connectivity index (χ2n) is 3.96. The van der Waals surface area contributed by atoms with Gasteiger partial charge in [0.1, 0.15) is 6.04 Å². The van der Waals surface area contributed by atoms with Crippen molar-refractivity contribution in [1.29, 1.82) is 0 Å². The molecule has 0 spiro atoms. The molecule has 2 rings (SSSR count). The van der Waals surface area contributed by atoms with Crippen LogP contribution in [0.5, 0.6) is 0 Å². The SMILES string of the molecule is CCOC(=O)C1CN1c1ccc(C(F)(F)F)cc1. The maximum Gasteiger partial charge on any atom is 0.416 e. The fraction of sp³-hybridized carbons (Fsp3) is 0.417. The molecular weight excluding hydrogens is 247 g/mol. The molecule has 1 unspecified atom stereocenters. The summed E-state index contributed by atoms with van der Waals surface area (Å²) in [6, 6.07) is 4.39. The van der Waals surface area contributed by atoms with Crippen molar-refractivity contribution in [2.24, 2.45) is 0 Å². The number of ether oxygens (including phenoxy) is 1. The lowest BCUT2D eigenvalue weighted by Crippen LogP contribution is -2.15. The Bertz CT molecular complexity index is 442. The van der Waals surface area contributed by atoms with Crippen LogP contribution in [0.1, 0.15) is 12.5 Å². The van der Waals surface area contributed by atoms with Crippen molar-refractivity contribution in [3.05, 3.63) is 29.8 Å². The smallest absolute Gasteiger partial charge is 0.416 e. The summed E-state index contributed by atoms with van der Waals surface area (Å²) in [5.41, 5.74) is -0.0955. The number of hydrogen-bond acceptors (Lipinski definition) is 3. The Balaban J connectivity index is 2.03. The summed E-state index contributed by atoms with van der Waals surface area (Å²) in [5, 5.41) is 0. The third kappa shape index (κ3) is 2.57. The van der Waals surface area contributed by atoms with Crippen LogP contribution in [0.25, 0.3) is 0 Å². The van der Waals surface area contributed by atoms with Crippen molar-refractivity contribution >= 4 is 11.7 Å². The summed E-state index contributed by atoms with van der Waals surface area (Å²) in [6.45, 7) is 2.50. The number of benzene rings is 1. The summed E-state index contributed by atoms with van der Waals surface area (Å²) < 4.78 is 41.9. The lowest BCUT2D eigenvalue weighted by molar-refractivity contribution is -0.142. The topological polar surface area (TPSA) is 29.3 Å². The molecule has 1 aromatic rings. The van der Waals surface area contributed by atoms with E-state index in [-0.39, 0.29) is 12.0 Å². The highest BCUT2D eigenvalue weighted by molar-refractivity contribution is 5.86. The number of alkyl halides is 3. The largest absolute Gasteiger partial charge is 0.464 e. The van der Waals surface area contributed by atoms with Crippen molar-refractivity contribution in [3.8, 4) is 0 Å². The molecule has 3 nitrogen and oxygen atoms in total. The first-order valence-corrected chi connectivity index (χ1v) is 5.54. The van der Waals surface area contributed by atoms with Gasteiger partial charge in [-0.1, -0.05) is 0 Å². The van der Waals surface area contributed by atoms with Crippen LogP contribution in [0.4, 0.5) is 18.9 Å². The van der Waals surface area contributed by atoms with Gasteiger partial charge in [0.15, 0.2) is 0 Å². The summed E-state index contributed by atoms with van der Waals surface area (Å²) in [4.78, 5) is 13.1. The van der Waals surface area contributed by atoms with Crippen LogP contribution >= 0.6 is 0 Å². The van der Waals surface area contributed by atoms with E-state index < -0.39 is 11.7 Å². The molecule has 1 aliphatic heterocycles. The minimum absolute atomic E-state index is 0.302. The molecule has 0 aromatic heterocycles. The molecule has 1 fully saturated rings. The maximum absolute atomic E-state index is 12.4. The Morgan fingerprint density at radius 2 is 2.00 bits per heavy atom. The molecule has 0 saturated carbocycles. The number of nitrogens with zero attached hydrogens (tertiary/aromatic N) is 1. The molecule has 1 heterocycles. The first-order chi connectivity index (χ1) is 8.43. The van der Waals surface area contributed by atoms with Gasteiger partial charge < -0.3 is 9.64 Å². The van der Waals surface area contributed by atoms with E-state index in [1.165, 1.54) is 12.1 Å². The molecule has 1 saturated heterocycles. The number of carbonyl (C=O) groups excluding carboxylic acids is 1. The number of hydrogen-bond donors (Lipinski definition) is 0. The van der Waals surface area contributed by atoms with Gasteiger partial charge in [0, 0.05) is 5.69 Å². The van der Waals surface area contributed by atoms with Gasteiger partial charge >= 0.3 is 12.1 Å². The molecule has 0 radical (unpaired) electrons. The predicted octanol–water partition coefficient (Wildman–Crippen LogP) is 2.46. The summed E-state index contributed by atoms with van der Waals surface area (Å²) in [6.07, 6.45) is -4.34. The zero-order chi connectivity index (χ0) is 13.3. The summed E-state index contributed by atoms with van der Waals surface area (Å²) in [7, 11) is 0. The second-order valence-corrected chi connectivity index (χ2v) is 3.96. The van der Waals surface area contributed by atoms with E-state index in [4.69, 9.17) is 4.74 Å². The Morgan fingerprint density at radius 3 is 2.50 bits per heavy atom. The summed E-state index contributed by atoms with van der Waals surface area (Å²) in [5.74, 6) is -0.336. The van der Waals surface area contributed by atoms with E-state index in [9.17, 15) is 18.0 Å². The number of rotatable bonds is 3. The molecule has 6 heteroatoms.